The number of hydrogen-bond donors (Lipinski definition) is 3. The van der Waals surface area contributed by atoms with Gasteiger partial charge in [-0.3, -0.25) is 0 Å². The summed E-state index contributed by atoms with van der Waals surface area (Å²) in [4.78, 5) is 0. The molecular formula is C16H18O3. The third-order valence-electron chi connectivity index (χ3n) is 3.39. The highest BCUT2D eigenvalue weighted by molar-refractivity contribution is 5.40. The second kappa shape index (κ2) is 5.65. The molecular weight excluding hydrogens is 240 g/mol. The predicted molar refractivity (Wildman–Crippen MR) is 74.6 cm³/mol. The normalized spacial score (nSPS) is 12.3. The first-order valence-corrected chi connectivity index (χ1v) is 6.40. The van der Waals surface area contributed by atoms with Crippen LogP contribution in [0, 0.1) is 0 Å². The summed E-state index contributed by atoms with van der Waals surface area (Å²) in [5, 5.41) is 28.4. The Bertz CT molecular complexity index is 546. The molecule has 0 saturated heterocycles. The van der Waals surface area contributed by atoms with Crippen LogP contribution >= 0.6 is 0 Å². The molecule has 0 aliphatic heterocycles. The van der Waals surface area contributed by atoms with Gasteiger partial charge in [0.25, 0.3) is 0 Å². The quantitative estimate of drug-likeness (QED) is 0.786. The molecule has 0 aromatic heterocycles. The highest BCUT2D eigenvalue weighted by Gasteiger charge is 2.13. The summed E-state index contributed by atoms with van der Waals surface area (Å²) in [7, 11) is 0. The Morgan fingerprint density at radius 1 is 0.895 bits per heavy atom. The summed E-state index contributed by atoms with van der Waals surface area (Å²) in [6.07, 6.45) is 1.64. The third kappa shape index (κ3) is 3.19. The van der Waals surface area contributed by atoms with Gasteiger partial charge in [-0.2, -0.15) is 0 Å². The maximum absolute atomic E-state index is 9.83. The summed E-state index contributed by atoms with van der Waals surface area (Å²) in [6.45, 7) is 2.09. The SMILES string of the molecule is CCC(Cc1ccc(O)cc1O)c1ccc(O)cc1. The second-order valence-electron chi connectivity index (χ2n) is 4.71. The lowest BCUT2D eigenvalue weighted by Crippen LogP contribution is -2.02. The Morgan fingerprint density at radius 2 is 1.53 bits per heavy atom. The zero-order valence-electron chi connectivity index (χ0n) is 10.9. The van der Waals surface area contributed by atoms with Crippen molar-refractivity contribution in [2.24, 2.45) is 0 Å². The molecule has 0 saturated carbocycles. The fourth-order valence-electron chi connectivity index (χ4n) is 2.23. The number of hydrogen-bond acceptors (Lipinski definition) is 3. The first kappa shape index (κ1) is 13.3. The molecule has 1 atom stereocenters. The average Bonchev–Trinajstić information content (AvgIpc) is 2.39. The lowest BCUT2D eigenvalue weighted by atomic mass is 9.89. The van der Waals surface area contributed by atoms with Crippen LogP contribution < -0.4 is 0 Å². The zero-order valence-corrected chi connectivity index (χ0v) is 10.9. The van der Waals surface area contributed by atoms with Gasteiger partial charge in [0.2, 0.25) is 0 Å². The van der Waals surface area contributed by atoms with E-state index in [-0.39, 0.29) is 23.2 Å². The lowest BCUT2D eigenvalue weighted by molar-refractivity contribution is 0.443. The van der Waals surface area contributed by atoms with Crippen molar-refractivity contribution in [2.75, 3.05) is 0 Å². The van der Waals surface area contributed by atoms with Crippen molar-refractivity contribution in [3.8, 4) is 17.2 Å². The Morgan fingerprint density at radius 3 is 2.11 bits per heavy atom. The molecule has 3 nitrogen and oxygen atoms in total. The van der Waals surface area contributed by atoms with Crippen molar-refractivity contribution in [1.82, 2.24) is 0 Å². The smallest absolute Gasteiger partial charge is 0.122 e. The summed E-state index contributed by atoms with van der Waals surface area (Å²) >= 11 is 0. The number of phenols is 3. The molecule has 3 N–H and O–H groups in total. The number of benzene rings is 2. The fourth-order valence-corrected chi connectivity index (χ4v) is 2.23. The van der Waals surface area contributed by atoms with Gasteiger partial charge in [-0.1, -0.05) is 25.1 Å². The molecule has 1 unspecified atom stereocenters. The van der Waals surface area contributed by atoms with Crippen molar-refractivity contribution in [2.45, 2.75) is 25.7 Å². The van der Waals surface area contributed by atoms with Gasteiger partial charge in [-0.25, -0.2) is 0 Å². The van der Waals surface area contributed by atoms with Gasteiger partial charge in [0.15, 0.2) is 0 Å². The van der Waals surface area contributed by atoms with E-state index in [1.165, 1.54) is 6.07 Å². The molecule has 0 fully saturated rings. The van der Waals surface area contributed by atoms with Gasteiger partial charge in [0.1, 0.15) is 17.2 Å². The van der Waals surface area contributed by atoms with Crippen LogP contribution in [0.1, 0.15) is 30.4 Å². The summed E-state index contributed by atoms with van der Waals surface area (Å²) in [6, 6.07) is 11.8. The van der Waals surface area contributed by atoms with Crippen LogP contribution in [0.3, 0.4) is 0 Å². The molecule has 0 aliphatic carbocycles. The van der Waals surface area contributed by atoms with Crippen molar-refractivity contribution in [3.63, 3.8) is 0 Å². The molecule has 0 spiro atoms. The first-order valence-electron chi connectivity index (χ1n) is 6.40. The van der Waals surface area contributed by atoms with Crippen molar-refractivity contribution in [1.29, 1.82) is 0 Å². The van der Waals surface area contributed by atoms with Gasteiger partial charge in [-0.05, 0) is 48.1 Å². The van der Waals surface area contributed by atoms with Crippen LogP contribution in [0.25, 0.3) is 0 Å². The minimum Gasteiger partial charge on any atom is -0.508 e. The lowest BCUT2D eigenvalue weighted by Gasteiger charge is -2.16. The Hall–Kier alpha value is -2.16. The van der Waals surface area contributed by atoms with E-state index in [0.29, 0.717) is 6.42 Å². The van der Waals surface area contributed by atoms with E-state index >= 15 is 0 Å². The minimum atomic E-state index is 0.0685. The minimum absolute atomic E-state index is 0.0685. The number of phenolic OH excluding ortho intramolecular Hbond substituents is 3. The second-order valence-corrected chi connectivity index (χ2v) is 4.71. The van der Waals surface area contributed by atoms with Gasteiger partial charge in [0, 0.05) is 6.07 Å². The molecule has 100 valence electrons. The largest absolute Gasteiger partial charge is 0.508 e. The van der Waals surface area contributed by atoms with Crippen molar-refractivity contribution < 1.29 is 15.3 Å². The zero-order chi connectivity index (χ0) is 13.8. The van der Waals surface area contributed by atoms with Crippen molar-refractivity contribution >= 4 is 0 Å². The van der Waals surface area contributed by atoms with Gasteiger partial charge in [-0.15, -0.1) is 0 Å². The number of aromatic hydroxyl groups is 3. The molecule has 0 heterocycles. The highest BCUT2D eigenvalue weighted by atomic mass is 16.3. The maximum atomic E-state index is 9.83. The first-order chi connectivity index (χ1) is 9.10. The van der Waals surface area contributed by atoms with E-state index in [2.05, 4.69) is 6.92 Å². The van der Waals surface area contributed by atoms with E-state index in [9.17, 15) is 15.3 Å². The predicted octanol–water partition coefficient (Wildman–Crippen LogP) is 3.54. The van der Waals surface area contributed by atoms with Crippen LogP contribution in [-0.2, 0) is 6.42 Å². The van der Waals surface area contributed by atoms with E-state index in [4.69, 9.17) is 0 Å². The standard InChI is InChI=1S/C16H18O3/c1-2-11(12-3-6-14(17)7-4-12)9-13-5-8-15(18)10-16(13)19/h3-8,10-11,17-19H,2,9H2,1H3. The Balaban J connectivity index is 2.21. The van der Waals surface area contributed by atoms with Crippen LogP contribution in [-0.4, -0.2) is 15.3 Å². The molecule has 0 amide bonds. The van der Waals surface area contributed by atoms with Crippen molar-refractivity contribution in [3.05, 3.63) is 53.6 Å². The monoisotopic (exact) mass is 258 g/mol. The Labute approximate surface area is 112 Å². The van der Waals surface area contributed by atoms with Gasteiger partial charge in [0.05, 0.1) is 0 Å². The third-order valence-corrected chi connectivity index (χ3v) is 3.39. The summed E-state index contributed by atoms with van der Waals surface area (Å²) < 4.78 is 0. The molecule has 2 rings (SSSR count). The van der Waals surface area contributed by atoms with E-state index in [1.54, 1.807) is 24.3 Å². The Kier molecular flexibility index (Phi) is 3.95. The average molecular weight is 258 g/mol. The summed E-state index contributed by atoms with van der Waals surface area (Å²) in [5.74, 6) is 0.721. The van der Waals surface area contributed by atoms with E-state index < -0.39 is 0 Å². The highest BCUT2D eigenvalue weighted by Crippen LogP contribution is 2.30. The van der Waals surface area contributed by atoms with Gasteiger partial charge < -0.3 is 15.3 Å². The van der Waals surface area contributed by atoms with Crippen LogP contribution in [0.15, 0.2) is 42.5 Å². The maximum Gasteiger partial charge on any atom is 0.122 e. The summed E-state index contributed by atoms with van der Waals surface area (Å²) in [5.41, 5.74) is 1.95. The van der Waals surface area contributed by atoms with Gasteiger partial charge >= 0.3 is 0 Å². The number of rotatable bonds is 4. The fraction of sp³-hybridized carbons (Fsp3) is 0.250. The van der Waals surface area contributed by atoms with E-state index in [1.807, 2.05) is 12.1 Å². The molecule has 0 aliphatic rings. The topological polar surface area (TPSA) is 60.7 Å². The van der Waals surface area contributed by atoms with Crippen LogP contribution in [0.2, 0.25) is 0 Å². The van der Waals surface area contributed by atoms with Crippen LogP contribution in [0.5, 0.6) is 17.2 Å². The molecule has 3 heteroatoms. The molecule has 2 aromatic rings. The molecule has 0 radical (unpaired) electrons. The molecule has 19 heavy (non-hydrogen) atoms. The van der Waals surface area contributed by atoms with Crippen LogP contribution in [0.4, 0.5) is 0 Å². The van der Waals surface area contributed by atoms with E-state index in [0.717, 1.165) is 17.5 Å². The molecule has 0 bridgehead atoms. The molecule has 2 aromatic carbocycles.